The predicted octanol–water partition coefficient (Wildman–Crippen LogP) is 0.136. The molecule has 0 heterocycles. The van der Waals surface area contributed by atoms with Gasteiger partial charge in [-0.15, -0.1) is 0 Å². The number of amides is 3. The summed E-state index contributed by atoms with van der Waals surface area (Å²) in [6, 6.07) is -2.14. The Morgan fingerprint density at radius 3 is 2.26 bits per heavy atom. The molecular formula is C23H35N3O9. The zero-order valence-electron chi connectivity index (χ0n) is 20.9. The summed E-state index contributed by atoms with van der Waals surface area (Å²) in [5.74, 6) is -4.98. The summed E-state index contributed by atoms with van der Waals surface area (Å²) in [6.07, 6.45) is -1.04. The van der Waals surface area contributed by atoms with Crippen LogP contribution in [0, 0.1) is 17.8 Å². The van der Waals surface area contributed by atoms with Crippen molar-refractivity contribution >= 4 is 29.8 Å². The molecule has 0 saturated heterocycles. The number of carbonyl (C=O) groups is 5. The zero-order valence-corrected chi connectivity index (χ0v) is 20.9. The maximum absolute atomic E-state index is 13.0. The van der Waals surface area contributed by atoms with Crippen LogP contribution in [0.15, 0.2) is 12.8 Å². The molecule has 2 aliphatic carbocycles. The lowest BCUT2D eigenvalue weighted by atomic mass is 9.89. The third-order valence-electron chi connectivity index (χ3n) is 5.96. The molecule has 0 radical (unpaired) electrons. The van der Waals surface area contributed by atoms with Gasteiger partial charge >= 0.3 is 18.0 Å². The van der Waals surface area contributed by atoms with Crippen LogP contribution >= 0.6 is 0 Å². The van der Waals surface area contributed by atoms with Gasteiger partial charge in [0, 0.05) is 18.3 Å². The maximum Gasteiger partial charge on any atom is 0.408 e. The summed E-state index contributed by atoms with van der Waals surface area (Å²) < 4.78 is 15.1. The number of rotatable bonds is 9. The van der Waals surface area contributed by atoms with E-state index in [0.29, 0.717) is 0 Å². The van der Waals surface area contributed by atoms with Gasteiger partial charge in [0.1, 0.15) is 23.2 Å². The Bertz CT molecular complexity index is 884. The summed E-state index contributed by atoms with van der Waals surface area (Å²) in [5, 5.41) is 17.9. The molecule has 0 aromatic heterocycles. The summed E-state index contributed by atoms with van der Waals surface area (Å²) >= 11 is 0. The topological polar surface area (TPSA) is 169 Å². The molecular weight excluding hydrogens is 462 g/mol. The molecule has 3 amide bonds. The highest BCUT2D eigenvalue weighted by molar-refractivity contribution is 5.95. The standard InChI is InChI=1S/C23H35N3O9/c1-8-33-19(30)15-14-13(27)10-23(16(14)15,20(31)34-9-2)26-18(29)12(4)24-17(28)11(3)25-21(32)35-22(5,6)7/h8,11-16,27H,1,9-10H2,2-7H3,(H,24,28)(H,25,32)(H,26,29)/t11-,12+,13+,14+,15+,16+,23+/m1/s1. The molecule has 0 aliphatic heterocycles. The van der Waals surface area contributed by atoms with Crippen molar-refractivity contribution < 1.29 is 43.3 Å². The van der Waals surface area contributed by atoms with Gasteiger partial charge < -0.3 is 35.3 Å². The first-order valence-electron chi connectivity index (χ1n) is 11.5. The smallest absolute Gasteiger partial charge is 0.408 e. The SMILES string of the molecule is C=COC(=O)[C@H]1[C@H]2[C@@H]1[C@](NC(=O)[C@H](C)NC(=O)[C@@H](C)NC(=O)OC(C)(C)C)(C(=O)OCC)C[C@@H]2O. The maximum atomic E-state index is 13.0. The Balaban J connectivity index is 2.10. The van der Waals surface area contributed by atoms with Crippen LogP contribution in [0.4, 0.5) is 4.79 Å². The van der Waals surface area contributed by atoms with Gasteiger partial charge in [0.25, 0.3) is 0 Å². The van der Waals surface area contributed by atoms with Crippen LogP contribution in [-0.2, 0) is 33.4 Å². The Labute approximate surface area is 204 Å². The number of aliphatic hydroxyl groups excluding tert-OH is 1. The average molecular weight is 498 g/mol. The number of alkyl carbamates (subject to hydrolysis) is 1. The van der Waals surface area contributed by atoms with Crippen molar-refractivity contribution in [2.24, 2.45) is 17.8 Å². The minimum Gasteiger partial charge on any atom is -0.464 e. The van der Waals surface area contributed by atoms with Crippen molar-refractivity contribution in [3.63, 3.8) is 0 Å². The van der Waals surface area contributed by atoms with Crippen LogP contribution in [0.5, 0.6) is 0 Å². The number of aliphatic hydroxyl groups is 1. The second kappa shape index (κ2) is 10.6. The van der Waals surface area contributed by atoms with Crippen LogP contribution < -0.4 is 16.0 Å². The number of fused-ring (bicyclic) bond motifs is 1. The molecule has 7 atom stereocenters. The summed E-state index contributed by atoms with van der Waals surface area (Å²) in [4.78, 5) is 62.6. The third kappa shape index (κ3) is 6.30. The molecule has 2 rings (SSSR count). The van der Waals surface area contributed by atoms with E-state index in [1.165, 1.54) is 13.8 Å². The van der Waals surface area contributed by atoms with Gasteiger partial charge in [-0.2, -0.15) is 0 Å². The Hall–Kier alpha value is -3.15. The molecule has 0 bridgehead atoms. The molecule has 2 fully saturated rings. The van der Waals surface area contributed by atoms with Crippen LogP contribution in [-0.4, -0.2) is 70.9 Å². The second-order valence-corrected chi connectivity index (χ2v) is 9.78. The van der Waals surface area contributed by atoms with Crippen molar-refractivity contribution in [3.05, 3.63) is 12.8 Å². The molecule has 12 nitrogen and oxygen atoms in total. The number of ether oxygens (including phenoxy) is 3. The molecule has 2 saturated carbocycles. The highest BCUT2D eigenvalue weighted by Crippen LogP contribution is 2.63. The van der Waals surface area contributed by atoms with Crippen molar-refractivity contribution in [1.29, 1.82) is 0 Å². The lowest BCUT2D eigenvalue weighted by Crippen LogP contribution is -2.61. The van der Waals surface area contributed by atoms with Gasteiger partial charge in [0.15, 0.2) is 0 Å². The van der Waals surface area contributed by atoms with E-state index in [1.807, 2.05) is 0 Å². The van der Waals surface area contributed by atoms with Gasteiger partial charge in [-0.25, -0.2) is 9.59 Å². The van der Waals surface area contributed by atoms with Crippen molar-refractivity contribution in [2.45, 2.75) is 77.3 Å². The Morgan fingerprint density at radius 2 is 1.71 bits per heavy atom. The third-order valence-corrected chi connectivity index (χ3v) is 5.96. The van der Waals surface area contributed by atoms with E-state index in [2.05, 4.69) is 22.5 Å². The Kier molecular flexibility index (Phi) is 8.53. The lowest BCUT2D eigenvalue weighted by molar-refractivity contribution is -0.156. The highest BCUT2D eigenvalue weighted by atomic mass is 16.6. The number of nitrogens with one attached hydrogen (secondary N) is 3. The second-order valence-electron chi connectivity index (χ2n) is 9.78. The summed E-state index contributed by atoms with van der Waals surface area (Å²) in [5.41, 5.74) is -2.42. The van der Waals surface area contributed by atoms with Gasteiger partial charge in [-0.05, 0) is 41.5 Å². The number of carbonyl (C=O) groups excluding carboxylic acids is 5. The van der Waals surface area contributed by atoms with E-state index in [1.54, 1.807) is 27.7 Å². The fourth-order valence-corrected chi connectivity index (χ4v) is 4.46. The van der Waals surface area contributed by atoms with E-state index < -0.39 is 76.9 Å². The van der Waals surface area contributed by atoms with Gasteiger partial charge in [-0.3, -0.25) is 14.4 Å². The van der Waals surface area contributed by atoms with E-state index >= 15 is 0 Å². The fraction of sp³-hybridized carbons (Fsp3) is 0.696. The molecule has 0 unspecified atom stereocenters. The number of hydrogen-bond donors (Lipinski definition) is 4. The molecule has 0 spiro atoms. The minimum atomic E-state index is -1.67. The van der Waals surface area contributed by atoms with Gasteiger partial charge in [-0.1, -0.05) is 6.58 Å². The molecule has 4 N–H and O–H groups in total. The molecule has 2 aliphatic rings. The Morgan fingerprint density at radius 1 is 1.11 bits per heavy atom. The van der Waals surface area contributed by atoms with E-state index in [-0.39, 0.29) is 13.0 Å². The summed E-state index contributed by atoms with van der Waals surface area (Å²) in [6.45, 7) is 12.8. The van der Waals surface area contributed by atoms with Gasteiger partial charge in [0.2, 0.25) is 11.8 Å². The van der Waals surface area contributed by atoms with E-state index in [4.69, 9.17) is 14.2 Å². The molecule has 0 aromatic rings. The van der Waals surface area contributed by atoms with Crippen molar-refractivity contribution in [2.75, 3.05) is 6.61 Å². The lowest BCUT2D eigenvalue weighted by Gasteiger charge is -2.32. The first-order chi connectivity index (χ1) is 16.2. The largest absolute Gasteiger partial charge is 0.464 e. The van der Waals surface area contributed by atoms with E-state index in [0.717, 1.165) is 6.26 Å². The first kappa shape index (κ1) is 28.1. The average Bonchev–Trinajstić information content (AvgIpc) is 3.41. The highest BCUT2D eigenvalue weighted by Gasteiger charge is 2.76. The number of esters is 2. The van der Waals surface area contributed by atoms with Crippen LogP contribution in [0.2, 0.25) is 0 Å². The summed E-state index contributed by atoms with van der Waals surface area (Å²) in [7, 11) is 0. The first-order valence-corrected chi connectivity index (χ1v) is 11.5. The normalized spacial score (nSPS) is 28.4. The quantitative estimate of drug-likeness (QED) is 0.196. The number of hydrogen-bond acceptors (Lipinski definition) is 9. The molecule has 196 valence electrons. The van der Waals surface area contributed by atoms with Crippen LogP contribution in [0.3, 0.4) is 0 Å². The molecule has 35 heavy (non-hydrogen) atoms. The van der Waals surface area contributed by atoms with Gasteiger partial charge in [0.05, 0.1) is 24.9 Å². The van der Waals surface area contributed by atoms with Crippen molar-refractivity contribution in [1.82, 2.24) is 16.0 Å². The fourth-order valence-electron chi connectivity index (χ4n) is 4.46. The minimum absolute atomic E-state index is 0.0197. The van der Waals surface area contributed by atoms with Crippen molar-refractivity contribution in [3.8, 4) is 0 Å². The zero-order chi connectivity index (χ0) is 26.7. The van der Waals surface area contributed by atoms with E-state index in [9.17, 15) is 29.1 Å². The monoisotopic (exact) mass is 497 g/mol. The molecule has 12 heteroatoms. The predicted molar refractivity (Wildman–Crippen MR) is 121 cm³/mol. The molecule has 0 aromatic carbocycles. The van der Waals surface area contributed by atoms with Crippen LogP contribution in [0.1, 0.15) is 48.0 Å². The van der Waals surface area contributed by atoms with Crippen LogP contribution in [0.25, 0.3) is 0 Å².